The highest BCUT2D eigenvalue weighted by molar-refractivity contribution is 5.97. The summed E-state index contributed by atoms with van der Waals surface area (Å²) in [4.78, 5) is 7.01. The number of nitrogens with two attached hydrogens (primary N) is 2. The lowest BCUT2D eigenvalue weighted by atomic mass is 9.77. The molecule has 1 aromatic carbocycles. The molecule has 0 saturated heterocycles. The summed E-state index contributed by atoms with van der Waals surface area (Å²) in [5.41, 5.74) is 15.0. The summed E-state index contributed by atoms with van der Waals surface area (Å²) < 4.78 is 0. The molecule has 0 atom stereocenters. The molecule has 0 bridgehead atoms. The highest BCUT2D eigenvalue weighted by atomic mass is 15.2. The smallest absolute Gasteiger partial charge is 0.0452 e. The molecule has 0 unspecified atom stereocenters. The molecule has 1 saturated carbocycles. The fraction of sp³-hybridized carbons (Fsp3) is 0.526. The van der Waals surface area contributed by atoms with E-state index in [2.05, 4.69) is 28.1 Å². The monoisotopic (exact) mass is 310 g/mol. The predicted octanol–water partition coefficient (Wildman–Crippen LogP) is 2.59. The molecule has 0 radical (unpaired) electrons. The Morgan fingerprint density at radius 3 is 2.83 bits per heavy atom. The average Bonchev–Trinajstić information content (AvgIpc) is 2.57. The summed E-state index contributed by atoms with van der Waals surface area (Å²) in [7, 11) is 0. The summed E-state index contributed by atoms with van der Waals surface area (Å²) in [5, 5.41) is 2.66. The molecule has 4 heteroatoms. The molecule has 1 fully saturated rings. The van der Waals surface area contributed by atoms with E-state index in [1.807, 2.05) is 12.4 Å². The molecule has 122 valence electrons. The standard InChI is InChI=1S/C19H26N4/c20-10-9-19(21)7-4-16(5-8-19)23-11-6-15-13-22-12-14-2-1-3-17(23)18(14)15/h1-3,12-13,16H,4-11,20-21H2. The van der Waals surface area contributed by atoms with Crippen LogP contribution in [-0.2, 0) is 6.42 Å². The Morgan fingerprint density at radius 1 is 1.22 bits per heavy atom. The van der Waals surface area contributed by atoms with Gasteiger partial charge in [-0.1, -0.05) is 12.1 Å². The Morgan fingerprint density at radius 2 is 2.04 bits per heavy atom. The van der Waals surface area contributed by atoms with Gasteiger partial charge in [0.15, 0.2) is 0 Å². The van der Waals surface area contributed by atoms with Crippen molar-refractivity contribution in [3.63, 3.8) is 0 Å². The fourth-order valence-corrected chi connectivity index (χ4v) is 4.48. The average molecular weight is 310 g/mol. The van der Waals surface area contributed by atoms with Crippen LogP contribution in [0.5, 0.6) is 0 Å². The molecule has 4 N–H and O–H groups in total. The number of pyridine rings is 1. The lowest BCUT2D eigenvalue weighted by Gasteiger charge is -2.44. The molecular weight excluding hydrogens is 284 g/mol. The fourth-order valence-electron chi connectivity index (χ4n) is 4.48. The first-order chi connectivity index (χ1) is 11.2. The van der Waals surface area contributed by atoms with Crippen molar-refractivity contribution in [2.24, 2.45) is 11.5 Å². The predicted molar refractivity (Wildman–Crippen MR) is 95.6 cm³/mol. The number of hydrogen-bond donors (Lipinski definition) is 2. The van der Waals surface area contributed by atoms with Gasteiger partial charge in [-0.3, -0.25) is 4.98 Å². The van der Waals surface area contributed by atoms with Gasteiger partial charge in [-0.25, -0.2) is 0 Å². The normalized spacial score (nSPS) is 27.4. The van der Waals surface area contributed by atoms with Crippen LogP contribution in [0.15, 0.2) is 30.6 Å². The molecule has 2 heterocycles. The van der Waals surface area contributed by atoms with Gasteiger partial charge in [0.25, 0.3) is 0 Å². The summed E-state index contributed by atoms with van der Waals surface area (Å²) in [5.74, 6) is 0. The maximum absolute atomic E-state index is 6.51. The van der Waals surface area contributed by atoms with E-state index in [1.54, 1.807) is 0 Å². The van der Waals surface area contributed by atoms with Crippen molar-refractivity contribution in [1.82, 2.24) is 4.98 Å². The first-order valence-corrected chi connectivity index (χ1v) is 8.81. The van der Waals surface area contributed by atoms with Crippen LogP contribution in [0.2, 0.25) is 0 Å². The van der Waals surface area contributed by atoms with E-state index in [4.69, 9.17) is 11.5 Å². The van der Waals surface area contributed by atoms with E-state index in [-0.39, 0.29) is 5.54 Å². The number of anilines is 1. The van der Waals surface area contributed by atoms with Gasteiger partial charge in [0.2, 0.25) is 0 Å². The van der Waals surface area contributed by atoms with Crippen molar-refractivity contribution in [2.75, 3.05) is 18.0 Å². The van der Waals surface area contributed by atoms with Gasteiger partial charge in [-0.05, 0) is 56.7 Å². The zero-order valence-corrected chi connectivity index (χ0v) is 13.7. The van der Waals surface area contributed by atoms with Gasteiger partial charge >= 0.3 is 0 Å². The van der Waals surface area contributed by atoms with Crippen molar-refractivity contribution < 1.29 is 0 Å². The second kappa shape index (κ2) is 5.77. The Hall–Kier alpha value is -1.65. The Kier molecular flexibility index (Phi) is 3.74. The zero-order valence-electron chi connectivity index (χ0n) is 13.7. The van der Waals surface area contributed by atoms with Crippen LogP contribution in [-0.4, -0.2) is 29.7 Å². The molecule has 1 aliphatic carbocycles. The second-order valence-corrected chi connectivity index (χ2v) is 7.25. The summed E-state index contributed by atoms with van der Waals surface area (Å²) >= 11 is 0. The first kappa shape index (κ1) is 14.9. The van der Waals surface area contributed by atoms with Gasteiger partial charge in [-0.15, -0.1) is 0 Å². The zero-order chi connectivity index (χ0) is 15.9. The van der Waals surface area contributed by atoms with E-state index < -0.39 is 0 Å². The highest BCUT2D eigenvalue weighted by Crippen LogP contribution is 2.39. The molecule has 2 aromatic rings. The maximum Gasteiger partial charge on any atom is 0.0452 e. The molecule has 0 spiro atoms. The number of hydrogen-bond acceptors (Lipinski definition) is 4. The topological polar surface area (TPSA) is 68.2 Å². The van der Waals surface area contributed by atoms with Gasteiger partial charge in [0, 0.05) is 47.0 Å². The third kappa shape index (κ3) is 2.60. The van der Waals surface area contributed by atoms with Crippen molar-refractivity contribution in [2.45, 2.75) is 50.1 Å². The number of rotatable bonds is 3. The lowest BCUT2D eigenvalue weighted by molar-refractivity contribution is 0.254. The quantitative estimate of drug-likeness (QED) is 0.914. The second-order valence-electron chi connectivity index (χ2n) is 7.25. The van der Waals surface area contributed by atoms with Crippen LogP contribution < -0.4 is 16.4 Å². The van der Waals surface area contributed by atoms with Crippen molar-refractivity contribution in [3.8, 4) is 0 Å². The third-order valence-corrected chi connectivity index (χ3v) is 5.81. The summed E-state index contributed by atoms with van der Waals surface area (Å²) in [6.45, 7) is 1.79. The van der Waals surface area contributed by atoms with E-state index in [9.17, 15) is 0 Å². The van der Waals surface area contributed by atoms with Gasteiger partial charge < -0.3 is 16.4 Å². The highest BCUT2D eigenvalue weighted by Gasteiger charge is 2.34. The van der Waals surface area contributed by atoms with Crippen LogP contribution in [0.3, 0.4) is 0 Å². The van der Waals surface area contributed by atoms with Crippen molar-refractivity contribution in [3.05, 3.63) is 36.2 Å². The third-order valence-electron chi connectivity index (χ3n) is 5.81. The van der Waals surface area contributed by atoms with E-state index in [1.165, 1.54) is 34.9 Å². The summed E-state index contributed by atoms with van der Waals surface area (Å²) in [6, 6.07) is 7.21. The van der Waals surface area contributed by atoms with Crippen LogP contribution in [0, 0.1) is 0 Å². The molecule has 23 heavy (non-hydrogen) atoms. The summed E-state index contributed by atoms with van der Waals surface area (Å²) in [6.07, 6.45) is 10.6. The minimum Gasteiger partial charge on any atom is -0.368 e. The Labute approximate surface area is 137 Å². The van der Waals surface area contributed by atoms with E-state index in [0.29, 0.717) is 12.6 Å². The van der Waals surface area contributed by atoms with E-state index >= 15 is 0 Å². The molecule has 2 aliphatic rings. The molecular formula is C19H26N4. The van der Waals surface area contributed by atoms with Gasteiger partial charge in [0.1, 0.15) is 0 Å². The van der Waals surface area contributed by atoms with Crippen LogP contribution in [0.25, 0.3) is 10.8 Å². The van der Waals surface area contributed by atoms with Crippen LogP contribution in [0.4, 0.5) is 5.69 Å². The SMILES string of the molecule is NCCC1(N)CCC(N2CCc3cncc4cccc2c34)CC1. The molecule has 1 aromatic heterocycles. The van der Waals surface area contributed by atoms with Crippen molar-refractivity contribution >= 4 is 16.5 Å². The van der Waals surface area contributed by atoms with Crippen LogP contribution in [0.1, 0.15) is 37.7 Å². The van der Waals surface area contributed by atoms with Gasteiger partial charge in [-0.2, -0.15) is 0 Å². The number of benzene rings is 1. The number of nitrogens with zero attached hydrogens (tertiary/aromatic N) is 2. The van der Waals surface area contributed by atoms with E-state index in [0.717, 1.165) is 32.2 Å². The largest absolute Gasteiger partial charge is 0.368 e. The first-order valence-electron chi connectivity index (χ1n) is 8.81. The lowest BCUT2D eigenvalue weighted by Crippen LogP contribution is -2.50. The number of aromatic nitrogens is 1. The van der Waals surface area contributed by atoms with Crippen molar-refractivity contribution in [1.29, 1.82) is 0 Å². The minimum atomic E-state index is -0.0329. The Balaban J connectivity index is 1.61. The molecule has 1 aliphatic heterocycles. The maximum atomic E-state index is 6.51. The Bertz CT molecular complexity index is 698. The minimum absolute atomic E-state index is 0.0329. The molecule has 4 nitrogen and oxygen atoms in total. The van der Waals surface area contributed by atoms with Gasteiger partial charge in [0.05, 0.1) is 0 Å². The van der Waals surface area contributed by atoms with Crippen LogP contribution >= 0.6 is 0 Å². The molecule has 4 rings (SSSR count). The molecule has 0 amide bonds.